The highest BCUT2D eigenvalue weighted by Gasteiger charge is 2.32. The molecule has 3 N–H and O–H groups in total. The lowest BCUT2D eigenvalue weighted by Gasteiger charge is -2.28. The molecule has 2 aliphatic carbocycles. The van der Waals surface area contributed by atoms with Gasteiger partial charge in [-0.3, -0.25) is 4.79 Å². The Balaban J connectivity index is 1.63. The third-order valence-corrected chi connectivity index (χ3v) is 3.66. The Kier molecular flexibility index (Phi) is 3.82. The van der Waals surface area contributed by atoms with E-state index in [-0.39, 0.29) is 18.1 Å². The van der Waals surface area contributed by atoms with E-state index < -0.39 is 0 Å². The van der Waals surface area contributed by atoms with Crippen molar-refractivity contribution in [2.75, 3.05) is 13.2 Å². The maximum Gasteiger partial charge on any atom is 0.221 e. The van der Waals surface area contributed by atoms with Crippen LogP contribution in [0.4, 0.5) is 0 Å². The van der Waals surface area contributed by atoms with Gasteiger partial charge in [0.05, 0.1) is 6.61 Å². The summed E-state index contributed by atoms with van der Waals surface area (Å²) in [5, 5.41) is 15.7. The third kappa shape index (κ3) is 3.19. The summed E-state index contributed by atoms with van der Waals surface area (Å²) in [4.78, 5) is 11.4. The van der Waals surface area contributed by atoms with Gasteiger partial charge in [0.2, 0.25) is 5.91 Å². The van der Waals surface area contributed by atoms with Gasteiger partial charge in [-0.2, -0.15) is 0 Å². The zero-order chi connectivity index (χ0) is 11.4. The summed E-state index contributed by atoms with van der Waals surface area (Å²) >= 11 is 0. The number of aliphatic hydroxyl groups is 1. The van der Waals surface area contributed by atoms with Crippen LogP contribution in [0.1, 0.15) is 44.9 Å². The lowest BCUT2D eigenvalue weighted by Crippen LogP contribution is -2.47. The van der Waals surface area contributed by atoms with Gasteiger partial charge in [-0.1, -0.05) is 12.8 Å². The largest absolute Gasteiger partial charge is 0.394 e. The molecule has 0 atom stereocenters. The van der Waals surface area contributed by atoms with Crippen LogP contribution in [0.15, 0.2) is 0 Å². The van der Waals surface area contributed by atoms with Gasteiger partial charge >= 0.3 is 0 Å². The van der Waals surface area contributed by atoms with E-state index in [4.69, 9.17) is 0 Å². The van der Waals surface area contributed by atoms with Crippen molar-refractivity contribution in [1.29, 1.82) is 0 Å². The molecule has 2 aliphatic rings. The molecule has 1 amide bonds. The van der Waals surface area contributed by atoms with Crippen molar-refractivity contribution in [1.82, 2.24) is 10.6 Å². The molecule has 0 aromatic carbocycles. The van der Waals surface area contributed by atoms with Crippen molar-refractivity contribution >= 4 is 5.91 Å². The lowest BCUT2D eigenvalue weighted by atomic mass is 9.99. The van der Waals surface area contributed by atoms with Crippen molar-refractivity contribution in [3.05, 3.63) is 0 Å². The molecular weight excluding hydrogens is 204 g/mol. The standard InChI is InChI=1S/C12H22N2O2/c15-9-12(6-1-2-7-12)13-8-5-11(16)14-10-3-4-10/h10,13,15H,1-9H2,(H,14,16). The zero-order valence-electron chi connectivity index (χ0n) is 9.80. The number of hydrogen-bond acceptors (Lipinski definition) is 3. The second kappa shape index (κ2) is 5.15. The van der Waals surface area contributed by atoms with Gasteiger partial charge in [0.1, 0.15) is 0 Å². The van der Waals surface area contributed by atoms with Gasteiger partial charge in [0, 0.05) is 24.5 Å². The van der Waals surface area contributed by atoms with Crippen LogP contribution >= 0.6 is 0 Å². The first-order valence-electron chi connectivity index (χ1n) is 6.39. The van der Waals surface area contributed by atoms with Crippen LogP contribution in [-0.4, -0.2) is 35.7 Å². The molecule has 0 unspecified atom stereocenters. The molecule has 92 valence electrons. The molecule has 16 heavy (non-hydrogen) atoms. The van der Waals surface area contributed by atoms with Crippen LogP contribution in [-0.2, 0) is 4.79 Å². The second-order valence-electron chi connectivity index (χ2n) is 5.16. The molecule has 4 nitrogen and oxygen atoms in total. The van der Waals surface area contributed by atoms with Gasteiger partial charge in [-0.25, -0.2) is 0 Å². The second-order valence-corrected chi connectivity index (χ2v) is 5.16. The van der Waals surface area contributed by atoms with Crippen molar-refractivity contribution < 1.29 is 9.90 Å². The highest BCUT2D eigenvalue weighted by molar-refractivity contribution is 5.76. The minimum absolute atomic E-state index is 0.0974. The van der Waals surface area contributed by atoms with E-state index in [1.807, 2.05) is 0 Å². The van der Waals surface area contributed by atoms with Crippen LogP contribution < -0.4 is 10.6 Å². The minimum Gasteiger partial charge on any atom is -0.394 e. The molecule has 0 bridgehead atoms. The predicted molar refractivity (Wildman–Crippen MR) is 62.1 cm³/mol. The Hall–Kier alpha value is -0.610. The van der Waals surface area contributed by atoms with E-state index >= 15 is 0 Å². The van der Waals surface area contributed by atoms with Crippen LogP contribution in [0.25, 0.3) is 0 Å². The summed E-state index contributed by atoms with van der Waals surface area (Å²) in [5.74, 6) is 0.140. The predicted octanol–water partition coefficient (Wildman–Crippen LogP) is 0.550. The van der Waals surface area contributed by atoms with Crippen LogP contribution in [0, 0.1) is 0 Å². The summed E-state index contributed by atoms with van der Waals surface area (Å²) in [6, 6.07) is 0.450. The van der Waals surface area contributed by atoms with Gasteiger partial charge in [0.15, 0.2) is 0 Å². The highest BCUT2D eigenvalue weighted by Crippen LogP contribution is 2.28. The molecule has 2 saturated carbocycles. The molecule has 4 heteroatoms. The number of carbonyl (C=O) groups excluding carboxylic acids is 1. The lowest BCUT2D eigenvalue weighted by molar-refractivity contribution is -0.121. The van der Waals surface area contributed by atoms with Crippen LogP contribution in [0.3, 0.4) is 0 Å². The van der Waals surface area contributed by atoms with Crippen molar-refractivity contribution in [2.45, 2.75) is 56.5 Å². The number of nitrogens with one attached hydrogen (secondary N) is 2. The van der Waals surface area contributed by atoms with E-state index in [0.717, 1.165) is 25.7 Å². The molecule has 0 spiro atoms. The molecule has 0 saturated heterocycles. The number of amides is 1. The summed E-state index contributed by atoms with van der Waals surface area (Å²) in [6.07, 6.45) is 7.24. The van der Waals surface area contributed by atoms with Gasteiger partial charge in [-0.05, 0) is 25.7 Å². The Morgan fingerprint density at radius 2 is 2.00 bits per heavy atom. The molecule has 0 radical (unpaired) electrons. The van der Waals surface area contributed by atoms with E-state index in [2.05, 4.69) is 10.6 Å². The summed E-state index contributed by atoms with van der Waals surface area (Å²) < 4.78 is 0. The SMILES string of the molecule is O=C(CCNC1(CO)CCCC1)NC1CC1. The quantitative estimate of drug-likeness (QED) is 0.620. The van der Waals surface area contributed by atoms with Crippen LogP contribution in [0.2, 0.25) is 0 Å². The molecule has 0 aromatic heterocycles. The molecule has 0 aromatic rings. The summed E-state index contributed by atoms with van der Waals surface area (Å²) in [7, 11) is 0. The Labute approximate surface area is 96.8 Å². The van der Waals surface area contributed by atoms with Gasteiger partial charge < -0.3 is 15.7 Å². The third-order valence-electron chi connectivity index (χ3n) is 3.66. The molecular formula is C12H22N2O2. The fourth-order valence-corrected chi connectivity index (χ4v) is 2.41. The first kappa shape index (κ1) is 11.9. The fraction of sp³-hybridized carbons (Fsp3) is 0.917. The number of rotatable bonds is 6. The average Bonchev–Trinajstić information content (AvgIpc) is 2.96. The maximum absolute atomic E-state index is 11.4. The van der Waals surface area contributed by atoms with E-state index in [0.29, 0.717) is 19.0 Å². The van der Waals surface area contributed by atoms with Crippen molar-refractivity contribution in [2.24, 2.45) is 0 Å². The van der Waals surface area contributed by atoms with E-state index in [9.17, 15) is 9.90 Å². The number of hydrogen-bond donors (Lipinski definition) is 3. The Morgan fingerprint density at radius 3 is 2.56 bits per heavy atom. The van der Waals surface area contributed by atoms with Crippen molar-refractivity contribution in [3.63, 3.8) is 0 Å². The van der Waals surface area contributed by atoms with Crippen molar-refractivity contribution in [3.8, 4) is 0 Å². The first-order chi connectivity index (χ1) is 7.74. The Bertz CT molecular complexity index is 245. The smallest absolute Gasteiger partial charge is 0.221 e. The highest BCUT2D eigenvalue weighted by atomic mass is 16.3. The number of aliphatic hydroxyl groups excluding tert-OH is 1. The zero-order valence-corrected chi connectivity index (χ0v) is 9.80. The monoisotopic (exact) mass is 226 g/mol. The normalized spacial score (nSPS) is 23.3. The molecule has 0 aliphatic heterocycles. The van der Waals surface area contributed by atoms with Crippen LogP contribution in [0.5, 0.6) is 0 Å². The van der Waals surface area contributed by atoms with E-state index in [1.54, 1.807) is 0 Å². The molecule has 2 fully saturated rings. The number of carbonyl (C=O) groups is 1. The minimum atomic E-state index is -0.0974. The molecule has 0 heterocycles. The molecule has 2 rings (SSSR count). The average molecular weight is 226 g/mol. The fourth-order valence-electron chi connectivity index (χ4n) is 2.41. The van der Waals surface area contributed by atoms with Gasteiger partial charge in [-0.15, -0.1) is 0 Å². The topological polar surface area (TPSA) is 61.4 Å². The first-order valence-corrected chi connectivity index (χ1v) is 6.39. The Morgan fingerprint density at radius 1 is 1.31 bits per heavy atom. The van der Waals surface area contributed by atoms with E-state index in [1.165, 1.54) is 12.8 Å². The van der Waals surface area contributed by atoms with Gasteiger partial charge in [0.25, 0.3) is 0 Å². The summed E-state index contributed by atoms with van der Waals surface area (Å²) in [5.41, 5.74) is -0.0974. The maximum atomic E-state index is 11.4. The summed E-state index contributed by atoms with van der Waals surface area (Å²) in [6.45, 7) is 0.871.